The molecular formula is C17H19ClO. The first kappa shape index (κ1) is 14.1. The van der Waals surface area contributed by atoms with Crippen molar-refractivity contribution in [1.82, 2.24) is 0 Å². The zero-order valence-corrected chi connectivity index (χ0v) is 12.3. The third kappa shape index (κ3) is 3.17. The number of hydrogen-bond donors (Lipinski definition) is 1. The van der Waals surface area contributed by atoms with E-state index in [2.05, 4.69) is 45.0 Å². The van der Waals surface area contributed by atoms with Gasteiger partial charge in [-0.3, -0.25) is 0 Å². The highest BCUT2D eigenvalue weighted by Crippen LogP contribution is 2.28. The Morgan fingerprint density at radius 3 is 2.05 bits per heavy atom. The first-order valence-electron chi connectivity index (χ1n) is 6.42. The minimum absolute atomic E-state index is 0.0350. The van der Waals surface area contributed by atoms with Crippen LogP contribution in [0.3, 0.4) is 0 Å². The molecule has 2 aromatic carbocycles. The van der Waals surface area contributed by atoms with Crippen LogP contribution in [-0.2, 0) is 12.0 Å². The van der Waals surface area contributed by atoms with Crippen LogP contribution >= 0.6 is 11.6 Å². The number of rotatable bonds is 2. The summed E-state index contributed by atoms with van der Waals surface area (Å²) in [6, 6.07) is 14.3. The lowest BCUT2D eigenvalue weighted by Gasteiger charge is -2.19. The van der Waals surface area contributed by atoms with Gasteiger partial charge < -0.3 is 5.11 Å². The highest BCUT2D eigenvalue weighted by atomic mass is 35.5. The molecule has 0 heterocycles. The first-order valence-corrected chi connectivity index (χ1v) is 6.80. The van der Waals surface area contributed by atoms with Gasteiger partial charge in [0.05, 0.1) is 6.61 Å². The van der Waals surface area contributed by atoms with Gasteiger partial charge in [0.2, 0.25) is 0 Å². The summed E-state index contributed by atoms with van der Waals surface area (Å²) in [5.74, 6) is 0. The second kappa shape index (κ2) is 5.36. The SMILES string of the molecule is CC(C)(C)c1ccc(-c2ccc(Cl)c(CO)c2)cc1. The van der Waals surface area contributed by atoms with Crippen molar-refractivity contribution in [3.8, 4) is 11.1 Å². The van der Waals surface area contributed by atoms with Crippen LogP contribution in [0.5, 0.6) is 0 Å². The summed E-state index contributed by atoms with van der Waals surface area (Å²) in [5, 5.41) is 9.86. The van der Waals surface area contributed by atoms with Crippen LogP contribution in [0.15, 0.2) is 42.5 Å². The van der Waals surface area contributed by atoms with Crippen LogP contribution in [-0.4, -0.2) is 5.11 Å². The van der Waals surface area contributed by atoms with E-state index in [-0.39, 0.29) is 12.0 Å². The summed E-state index contributed by atoms with van der Waals surface area (Å²) >= 11 is 6.01. The highest BCUT2D eigenvalue weighted by Gasteiger charge is 2.13. The van der Waals surface area contributed by atoms with E-state index in [1.165, 1.54) is 5.56 Å². The molecule has 0 aliphatic rings. The Morgan fingerprint density at radius 1 is 0.947 bits per heavy atom. The molecule has 0 amide bonds. The predicted octanol–water partition coefficient (Wildman–Crippen LogP) is 4.80. The summed E-state index contributed by atoms with van der Waals surface area (Å²) in [7, 11) is 0. The van der Waals surface area contributed by atoms with Crippen LogP contribution in [0.2, 0.25) is 5.02 Å². The Kier molecular flexibility index (Phi) is 3.98. The van der Waals surface area contributed by atoms with E-state index in [1.54, 1.807) is 0 Å². The lowest BCUT2D eigenvalue weighted by molar-refractivity contribution is 0.282. The fourth-order valence-corrected chi connectivity index (χ4v) is 2.22. The van der Waals surface area contributed by atoms with Crippen molar-refractivity contribution in [3.63, 3.8) is 0 Å². The third-order valence-electron chi connectivity index (χ3n) is 3.30. The molecule has 0 aromatic heterocycles. The second-order valence-corrected chi connectivity index (χ2v) is 6.20. The highest BCUT2D eigenvalue weighted by molar-refractivity contribution is 6.31. The van der Waals surface area contributed by atoms with Gasteiger partial charge in [-0.15, -0.1) is 0 Å². The average Bonchev–Trinajstić information content (AvgIpc) is 2.38. The Hall–Kier alpha value is -1.31. The molecule has 0 atom stereocenters. The Morgan fingerprint density at radius 2 is 1.53 bits per heavy atom. The fourth-order valence-electron chi connectivity index (χ4n) is 2.04. The molecule has 1 N–H and O–H groups in total. The third-order valence-corrected chi connectivity index (χ3v) is 3.67. The van der Waals surface area contributed by atoms with Gasteiger partial charge in [0.25, 0.3) is 0 Å². The van der Waals surface area contributed by atoms with Gasteiger partial charge in [-0.1, -0.05) is 62.7 Å². The van der Waals surface area contributed by atoms with Crippen LogP contribution in [0.1, 0.15) is 31.9 Å². The van der Waals surface area contributed by atoms with Crippen molar-refractivity contribution in [2.24, 2.45) is 0 Å². The van der Waals surface area contributed by atoms with E-state index in [0.717, 1.165) is 16.7 Å². The second-order valence-electron chi connectivity index (χ2n) is 5.79. The largest absolute Gasteiger partial charge is 0.392 e. The van der Waals surface area contributed by atoms with Crippen molar-refractivity contribution in [2.45, 2.75) is 32.8 Å². The zero-order valence-electron chi connectivity index (χ0n) is 11.6. The number of benzene rings is 2. The van der Waals surface area contributed by atoms with Gasteiger partial charge in [-0.2, -0.15) is 0 Å². The first-order chi connectivity index (χ1) is 8.91. The van der Waals surface area contributed by atoms with Crippen LogP contribution in [0.25, 0.3) is 11.1 Å². The van der Waals surface area contributed by atoms with Crippen molar-refractivity contribution < 1.29 is 5.11 Å². The number of hydrogen-bond acceptors (Lipinski definition) is 1. The Labute approximate surface area is 119 Å². The summed E-state index contributed by atoms with van der Waals surface area (Å²) in [4.78, 5) is 0. The van der Waals surface area contributed by atoms with E-state index in [4.69, 9.17) is 11.6 Å². The topological polar surface area (TPSA) is 20.2 Å². The number of aliphatic hydroxyl groups is 1. The molecule has 0 aliphatic carbocycles. The molecule has 1 nitrogen and oxygen atoms in total. The number of aliphatic hydroxyl groups excluding tert-OH is 1. The maximum Gasteiger partial charge on any atom is 0.0696 e. The maximum atomic E-state index is 9.26. The molecule has 0 radical (unpaired) electrons. The summed E-state index contributed by atoms with van der Waals surface area (Å²) in [6.07, 6.45) is 0. The molecule has 0 unspecified atom stereocenters. The van der Waals surface area contributed by atoms with Crippen LogP contribution in [0.4, 0.5) is 0 Å². The zero-order chi connectivity index (χ0) is 14.0. The minimum atomic E-state index is -0.0350. The van der Waals surface area contributed by atoms with E-state index in [9.17, 15) is 5.11 Å². The van der Waals surface area contributed by atoms with Gasteiger partial charge in [-0.05, 0) is 39.8 Å². The lowest BCUT2D eigenvalue weighted by atomic mass is 9.86. The van der Waals surface area contributed by atoms with Gasteiger partial charge >= 0.3 is 0 Å². The fraction of sp³-hybridized carbons (Fsp3) is 0.294. The quantitative estimate of drug-likeness (QED) is 0.834. The maximum absolute atomic E-state index is 9.26. The van der Waals surface area contributed by atoms with E-state index in [1.807, 2.05) is 18.2 Å². The van der Waals surface area contributed by atoms with Crippen LogP contribution < -0.4 is 0 Å². The summed E-state index contributed by atoms with van der Waals surface area (Å²) < 4.78 is 0. The van der Waals surface area contributed by atoms with Gasteiger partial charge in [0.15, 0.2) is 0 Å². The minimum Gasteiger partial charge on any atom is -0.392 e. The predicted molar refractivity (Wildman–Crippen MR) is 81.5 cm³/mol. The van der Waals surface area contributed by atoms with Crippen molar-refractivity contribution in [3.05, 3.63) is 58.6 Å². The van der Waals surface area contributed by atoms with Crippen LogP contribution in [0, 0.1) is 0 Å². The molecule has 0 saturated carbocycles. The molecule has 2 heteroatoms. The van der Waals surface area contributed by atoms with E-state index < -0.39 is 0 Å². The van der Waals surface area contributed by atoms with Gasteiger partial charge in [0.1, 0.15) is 0 Å². The molecule has 2 rings (SSSR count). The van der Waals surface area contributed by atoms with Gasteiger partial charge in [0, 0.05) is 5.02 Å². The average molecular weight is 275 g/mol. The molecular weight excluding hydrogens is 256 g/mol. The normalized spacial score (nSPS) is 11.6. The molecule has 2 aromatic rings. The van der Waals surface area contributed by atoms with E-state index >= 15 is 0 Å². The molecule has 0 fully saturated rings. The summed E-state index contributed by atoms with van der Waals surface area (Å²) in [5.41, 5.74) is 4.45. The standard InChI is InChI=1S/C17H19ClO/c1-17(2,3)15-7-4-12(5-8-15)13-6-9-16(18)14(10-13)11-19/h4-10,19H,11H2,1-3H3. The Bertz CT molecular complexity index is 565. The van der Waals surface area contributed by atoms with Crippen molar-refractivity contribution >= 4 is 11.6 Å². The van der Waals surface area contributed by atoms with Crippen molar-refractivity contribution in [2.75, 3.05) is 0 Å². The molecule has 0 bridgehead atoms. The van der Waals surface area contributed by atoms with E-state index in [0.29, 0.717) is 5.02 Å². The molecule has 100 valence electrons. The van der Waals surface area contributed by atoms with Gasteiger partial charge in [-0.25, -0.2) is 0 Å². The number of halogens is 1. The lowest BCUT2D eigenvalue weighted by Crippen LogP contribution is -2.10. The molecule has 0 saturated heterocycles. The monoisotopic (exact) mass is 274 g/mol. The summed E-state index contributed by atoms with van der Waals surface area (Å²) in [6.45, 7) is 6.57. The molecule has 0 spiro atoms. The van der Waals surface area contributed by atoms with Crippen molar-refractivity contribution in [1.29, 1.82) is 0 Å². The Balaban J connectivity index is 2.37. The molecule has 0 aliphatic heterocycles. The smallest absolute Gasteiger partial charge is 0.0696 e. The molecule has 19 heavy (non-hydrogen) atoms.